The molecule has 1 aliphatic rings. The molecule has 7 nitrogen and oxygen atoms in total. The average Bonchev–Trinajstić information content (AvgIpc) is 2.31. The van der Waals surface area contributed by atoms with Gasteiger partial charge in [0.1, 0.15) is 0 Å². The van der Waals surface area contributed by atoms with Gasteiger partial charge in [0, 0.05) is 0 Å². The van der Waals surface area contributed by atoms with Crippen LogP contribution in [0.1, 0.15) is 32.6 Å². The molecule has 0 bridgehead atoms. The van der Waals surface area contributed by atoms with Crippen molar-refractivity contribution < 1.29 is 17.9 Å². The van der Waals surface area contributed by atoms with E-state index in [1.807, 2.05) is 0 Å². The Morgan fingerprint density at radius 1 is 1.42 bits per heavy atom. The molecule has 0 aliphatic heterocycles. The van der Waals surface area contributed by atoms with Crippen LogP contribution in [0.25, 0.3) is 0 Å². The third kappa shape index (κ3) is 4.29. The van der Waals surface area contributed by atoms with Crippen molar-refractivity contribution in [3.63, 3.8) is 0 Å². The summed E-state index contributed by atoms with van der Waals surface area (Å²) in [5, 5.41) is 0. The average molecular weight is 309 g/mol. The molecular formula is C10H19N3O4S2. The van der Waals surface area contributed by atoms with Crippen LogP contribution in [0, 0.1) is 5.92 Å². The summed E-state index contributed by atoms with van der Waals surface area (Å²) >= 11 is 4.98. The van der Waals surface area contributed by atoms with E-state index in [1.165, 1.54) is 0 Å². The molecule has 0 radical (unpaired) electrons. The largest absolute Gasteiger partial charge is 0.452 e. The van der Waals surface area contributed by atoms with Gasteiger partial charge in [0.2, 0.25) is 0 Å². The van der Waals surface area contributed by atoms with Gasteiger partial charge in [-0.1, -0.05) is 19.1 Å². The van der Waals surface area contributed by atoms with E-state index in [9.17, 15) is 13.2 Å². The van der Waals surface area contributed by atoms with Crippen molar-refractivity contribution in [3.8, 4) is 0 Å². The lowest BCUT2D eigenvalue weighted by Crippen LogP contribution is -2.60. The van der Waals surface area contributed by atoms with Gasteiger partial charge in [-0.15, -0.1) is 0 Å². The standard InChI is InChI=1S/C10H19N3O4S2/c1-7-3-5-10(6-4-7,8(11)18)13-19(15,16)12-9(14)17-2/h7,13H,3-6H2,1-2H3,(H2,11,18)(H,12,14). The van der Waals surface area contributed by atoms with E-state index >= 15 is 0 Å². The van der Waals surface area contributed by atoms with Gasteiger partial charge in [0.15, 0.2) is 0 Å². The Morgan fingerprint density at radius 2 is 1.95 bits per heavy atom. The summed E-state index contributed by atoms with van der Waals surface area (Å²) in [4.78, 5) is 11.1. The summed E-state index contributed by atoms with van der Waals surface area (Å²) in [7, 11) is -2.98. The van der Waals surface area contributed by atoms with Crippen molar-refractivity contribution in [3.05, 3.63) is 0 Å². The van der Waals surface area contributed by atoms with Gasteiger partial charge < -0.3 is 10.5 Å². The zero-order valence-electron chi connectivity index (χ0n) is 10.9. The molecular weight excluding hydrogens is 290 g/mol. The second kappa shape index (κ2) is 6.02. The van der Waals surface area contributed by atoms with Crippen LogP contribution in [0.4, 0.5) is 4.79 Å². The number of thiocarbonyl (C=S) groups is 1. The molecule has 1 amide bonds. The molecule has 0 aromatic rings. The molecule has 0 atom stereocenters. The normalized spacial score (nSPS) is 27.6. The maximum atomic E-state index is 11.8. The topological polar surface area (TPSA) is 111 Å². The molecule has 1 aliphatic carbocycles. The second-order valence-corrected chi connectivity index (χ2v) is 6.68. The van der Waals surface area contributed by atoms with E-state index in [0.717, 1.165) is 20.0 Å². The molecule has 0 saturated heterocycles. The Bertz CT molecular complexity index is 455. The molecule has 110 valence electrons. The number of ether oxygens (including phenoxy) is 1. The molecule has 0 unspecified atom stereocenters. The summed E-state index contributed by atoms with van der Waals surface area (Å²) < 4.78 is 32.0. The molecule has 4 N–H and O–H groups in total. The lowest BCUT2D eigenvalue weighted by molar-refractivity contribution is 0.177. The number of methoxy groups -OCH3 is 1. The molecule has 0 spiro atoms. The van der Waals surface area contributed by atoms with Crippen molar-refractivity contribution in [2.75, 3.05) is 7.11 Å². The lowest BCUT2D eigenvalue weighted by atomic mass is 9.78. The summed E-state index contributed by atoms with van der Waals surface area (Å²) in [5.74, 6) is 0.501. The van der Waals surface area contributed by atoms with E-state index in [-0.39, 0.29) is 4.99 Å². The first-order valence-corrected chi connectivity index (χ1v) is 7.79. The maximum Gasteiger partial charge on any atom is 0.421 e. The van der Waals surface area contributed by atoms with Gasteiger partial charge in [-0.05, 0) is 31.6 Å². The number of hydrogen-bond donors (Lipinski definition) is 3. The quantitative estimate of drug-likeness (QED) is 0.649. The van der Waals surface area contributed by atoms with Crippen LogP contribution < -0.4 is 15.2 Å². The van der Waals surface area contributed by atoms with Gasteiger partial charge in [-0.2, -0.15) is 13.1 Å². The highest BCUT2D eigenvalue weighted by atomic mass is 32.2. The number of carbonyl (C=O) groups is 1. The van der Waals surface area contributed by atoms with E-state index in [2.05, 4.69) is 16.4 Å². The van der Waals surface area contributed by atoms with E-state index < -0.39 is 21.8 Å². The third-order valence-electron chi connectivity index (χ3n) is 3.33. The van der Waals surface area contributed by atoms with Gasteiger partial charge in [0.05, 0.1) is 17.6 Å². The molecule has 0 aromatic carbocycles. The molecule has 9 heteroatoms. The lowest BCUT2D eigenvalue weighted by Gasteiger charge is -2.38. The van der Waals surface area contributed by atoms with E-state index in [0.29, 0.717) is 18.8 Å². The molecule has 19 heavy (non-hydrogen) atoms. The smallest absolute Gasteiger partial charge is 0.421 e. The first kappa shape index (κ1) is 16.1. The molecule has 1 saturated carbocycles. The fraction of sp³-hybridized carbons (Fsp3) is 0.800. The van der Waals surface area contributed by atoms with Gasteiger partial charge >= 0.3 is 16.3 Å². The maximum absolute atomic E-state index is 11.8. The fourth-order valence-corrected chi connectivity index (χ4v) is 3.59. The van der Waals surface area contributed by atoms with Crippen molar-refractivity contribution in [1.82, 2.24) is 9.44 Å². The van der Waals surface area contributed by atoms with E-state index in [1.54, 1.807) is 4.72 Å². The van der Waals surface area contributed by atoms with Crippen LogP contribution in [0.5, 0.6) is 0 Å². The third-order valence-corrected chi connectivity index (χ3v) is 4.82. The highest BCUT2D eigenvalue weighted by Crippen LogP contribution is 2.32. The molecule has 0 heterocycles. The number of rotatable bonds is 4. The molecule has 0 aromatic heterocycles. The number of nitrogens with two attached hydrogens (primary N) is 1. The van der Waals surface area contributed by atoms with Crippen LogP contribution in [-0.4, -0.2) is 32.1 Å². The first-order valence-electron chi connectivity index (χ1n) is 5.90. The number of nitrogens with one attached hydrogen (secondary N) is 2. The molecule has 1 rings (SSSR count). The van der Waals surface area contributed by atoms with Crippen molar-refractivity contribution in [2.45, 2.75) is 38.1 Å². The molecule has 1 fully saturated rings. The second-order valence-electron chi connectivity index (χ2n) is 4.83. The van der Waals surface area contributed by atoms with Gasteiger partial charge in [-0.3, -0.25) is 0 Å². The zero-order valence-corrected chi connectivity index (χ0v) is 12.6. The van der Waals surface area contributed by atoms with Gasteiger partial charge in [-0.25, -0.2) is 9.52 Å². The Hall–Kier alpha value is -0.930. The first-order chi connectivity index (χ1) is 8.71. The minimum Gasteiger partial charge on any atom is -0.452 e. The summed E-state index contributed by atoms with van der Waals surface area (Å²) in [6.45, 7) is 2.09. The number of hydrogen-bond acceptors (Lipinski definition) is 5. The monoisotopic (exact) mass is 309 g/mol. The highest BCUT2D eigenvalue weighted by molar-refractivity contribution is 7.88. The Labute approximate surface area is 118 Å². The zero-order chi connectivity index (χ0) is 14.7. The summed E-state index contributed by atoms with van der Waals surface area (Å²) in [5.41, 5.74) is 4.71. The Balaban J connectivity index is 2.85. The number of amides is 1. The van der Waals surface area contributed by atoms with Crippen LogP contribution in [0.3, 0.4) is 0 Å². The number of carbonyl (C=O) groups excluding carboxylic acids is 1. The minimum absolute atomic E-state index is 0.0923. The van der Waals surface area contributed by atoms with Crippen LogP contribution >= 0.6 is 12.2 Å². The van der Waals surface area contributed by atoms with Gasteiger partial charge in [0.25, 0.3) is 0 Å². The van der Waals surface area contributed by atoms with Crippen molar-refractivity contribution in [2.24, 2.45) is 11.7 Å². The predicted octanol–water partition coefficient (Wildman–Crippen LogP) is 0.412. The summed E-state index contributed by atoms with van der Waals surface area (Å²) in [6, 6.07) is 0. The van der Waals surface area contributed by atoms with Crippen molar-refractivity contribution in [1.29, 1.82) is 0 Å². The van der Waals surface area contributed by atoms with Crippen LogP contribution in [-0.2, 0) is 14.9 Å². The van der Waals surface area contributed by atoms with Crippen LogP contribution in [0.15, 0.2) is 0 Å². The Kier molecular flexibility index (Phi) is 5.11. The highest BCUT2D eigenvalue weighted by Gasteiger charge is 2.40. The SMILES string of the molecule is COC(=O)NS(=O)(=O)NC1(C(N)=S)CCC(C)CC1. The van der Waals surface area contributed by atoms with Crippen LogP contribution in [0.2, 0.25) is 0 Å². The fourth-order valence-electron chi connectivity index (χ4n) is 2.09. The van der Waals surface area contributed by atoms with E-state index in [4.69, 9.17) is 18.0 Å². The Morgan fingerprint density at radius 3 is 2.37 bits per heavy atom. The van der Waals surface area contributed by atoms with Crippen molar-refractivity contribution >= 4 is 33.5 Å². The minimum atomic E-state index is -4.06. The summed E-state index contributed by atoms with van der Waals surface area (Å²) in [6.07, 6.45) is 1.61. The predicted molar refractivity (Wildman–Crippen MR) is 74.7 cm³/mol.